The van der Waals surface area contributed by atoms with E-state index in [1.54, 1.807) is 10.8 Å². The second-order valence-electron chi connectivity index (χ2n) is 4.08. The molecule has 0 radical (unpaired) electrons. The largest absolute Gasteiger partial charge is 0.453 e. The topological polar surface area (TPSA) is 26.3 Å². The highest BCUT2D eigenvalue weighted by Crippen LogP contribution is 2.37. The van der Waals surface area contributed by atoms with Crippen LogP contribution in [0.1, 0.15) is 13.8 Å². The molecule has 3 atom stereocenters. The Morgan fingerprint density at radius 3 is 2.81 bits per heavy atom. The molecule has 0 aromatic rings. The predicted octanol–water partition coefficient (Wildman–Crippen LogP) is 3.33. The van der Waals surface area contributed by atoms with E-state index < -0.39 is 5.60 Å². The van der Waals surface area contributed by atoms with Crippen molar-refractivity contribution < 1.29 is 9.53 Å². The van der Waals surface area contributed by atoms with Crippen LogP contribution in [-0.2, 0) is 9.53 Å². The molecule has 2 nitrogen and oxygen atoms in total. The summed E-state index contributed by atoms with van der Waals surface area (Å²) in [6, 6.07) is 0. The average molecular weight is 254 g/mol. The molecule has 3 unspecified atom stereocenters. The predicted molar refractivity (Wildman–Crippen MR) is 70.1 cm³/mol. The van der Waals surface area contributed by atoms with Crippen LogP contribution in [0.3, 0.4) is 0 Å². The average Bonchev–Trinajstić information content (AvgIpc) is 2.76. The monoisotopic (exact) mass is 254 g/mol. The molecule has 0 aromatic carbocycles. The Labute approximate surface area is 104 Å². The van der Waals surface area contributed by atoms with Crippen LogP contribution < -0.4 is 0 Å². The molecular weight excluding hydrogens is 240 g/mol. The minimum Gasteiger partial charge on any atom is -0.453 e. The van der Waals surface area contributed by atoms with Crippen LogP contribution in [0.4, 0.5) is 0 Å². The molecule has 4 heteroatoms. The number of carbonyl (C=O) groups excluding carboxylic acids is 1. The molecule has 1 aliphatic carbocycles. The molecule has 0 spiro atoms. The van der Waals surface area contributed by atoms with Crippen LogP contribution in [0.2, 0.25) is 0 Å². The van der Waals surface area contributed by atoms with E-state index in [-0.39, 0.29) is 17.1 Å². The standard InChI is InChI=1S/C12H14O2S2/c1-9-5-3-4-7-12(9,2)14-11(13)10-6-8-15-16-10/h3-10H,1-2H3. The van der Waals surface area contributed by atoms with Gasteiger partial charge in [-0.3, -0.25) is 4.79 Å². The van der Waals surface area contributed by atoms with Crippen molar-refractivity contribution in [3.05, 3.63) is 35.8 Å². The number of hydrogen-bond donors (Lipinski definition) is 0. The van der Waals surface area contributed by atoms with Gasteiger partial charge in [0.2, 0.25) is 0 Å². The Kier molecular flexibility index (Phi) is 3.50. The maximum Gasteiger partial charge on any atom is 0.324 e. The summed E-state index contributed by atoms with van der Waals surface area (Å²) in [4.78, 5) is 11.9. The van der Waals surface area contributed by atoms with Gasteiger partial charge in [-0.1, -0.05) is 52.8 Å². The molecule has 16 heavy (non-hydrogen) atoms. The molecule has 0 saturated carbocycles. The number of rotatable bonds is 2. The zero-order valence-corrected chi connectivity index (χ0v) is 10.9. The third-order valence-corrected chi connectivity index (χ3v) is 5.09. The van der Waals surface area contributed by atoms with E-state index in [9.17, 15) is 4.79 Å². The number of carbonyl (C=O) groups is 1. The summed E-state index contributed by atoms with van der Waals surface area (Å²) >= 11 is 0. The maximum atomic E-state index is 11.9. The number of ether oxygens (including phenoxy) is 1. The number of hydrogen-bond acceptors (Lipinski definition) is 4. The van der Waals surface area contributed by atoms with Gasteiger partial charge in [-0.25, -0.2) is 0 Å². The van der Waals surface area contributed by atoms with Crippen LogP contribution in [0.5, 0.6) is 0 Å². The lowest BCUT2D eigenvalue weighted by atomic mass is 9.87. The van der Waals surface area contributed by atoms with Crippen molar-refractivity contribution in [3.63, 3.8) is 0 Å². The fourth-order valence-electron chi connectivity index (χ4n) is 1.57. The maximum absolute atomic E-state index is 11.9. The summed E-state index contributed by atoms with van der Waals surface area (Å²) in [6.07, 6.45) is 9.81. The van der Waals surface area contributed by atoms with Crippen molar-refractivity contribution in [2.24, 2.45) is 5.92 Å². The second kappa shape index (κ2) is 4.72. The molecule has 0 aromatic heterocycles. The van der Waals surface area contributed by atoms with Gasteiger partial charge >= 0.3 is 5.97 Å². The molecule has 0 fully saturated rings. The van der Waals surface area contributed by atoms with E-state index >= 15 is 0 Å². The van der Waals surface area contributed by atoms with Crippen molar-refractivity contribution in [1.29, 1.82) is 0 Å². The van der Waals surface area contributed by atoms with Crippen LogP contribution in [0, 0.1) is 5.92 Å². The van der Waals surface area contributed by atoms with Crippen LogP contribution in [0.15, 0.2) is 35.8 Å². The Hall–Kier alpha value is -0.610. The first-order valence-electron chi connectivity index (χ1n) is 5.19. The normalized spacial score (nSPS) is 36.6. The van der Waals surface area contributed by atoms with Gasteiger partial charge in [0.1, 0.15) is 10.9 Å². The lowest BCUT2D eigenvalue weighted by molar-refractivity contribution is -0.154. The van der Waals surface area contributed by atoms with Gasteiger partial charge in [-0.05, 0) is 18.4 Å². The summed E-state index contributed by atoms with van der Waals surface area (Å²) in [7, 11) is 3.10. The van der Waals surface area contributed by atoms with E-state index in [0.29, 0.717) is 0 Å². The third-order valence-electron chi connectivity index (χ3n) is 2.86. The summed E-state index contributed by atoms with van der Waals surface area (Å²) in [5, 5.41) is 1.77. The smallest absolute Gasteiger partial charge is 0.324 e. The highest BCUT2D eigenvalue weighted by molar-refractivity contribution is 8.78. The summed E-state index contributed by atoms with van der Waals surface area (Å²) in [6.45, 7) is 4.01. The van der Waals surface area contributed by atoms with Gasteiger partial charge in [0, 0.05) is 5.92 Å². The van der Waals surface area contributed by atoms with E-state index in [4.69, 9.17) is 4.74 Å². The SMILES string of the molecule is CC1C=CC=CC1(C)OC(=O)C1C=CSS1. The Morgan fingerprint density at radius 1 is 1.38 bits per heavy atom. The third kappa shape index (κ3) is 2.38. The zero-order chi connectivity index (χ0) is 11.6. The molecule has 2 aliphatic rings. The van der Waals surface area contributed by atoms with Gasteiger partial charge < -0.3 is 4.74 Å². The van der Waals surface area contributed by atoms with Gasteiger partial charge in [0.25, 0.3) is 0 Å². The fraction of sp³-hybridized carbons (Fsp3) is 0.417. The van der Waals surface area contributed by atoms with E-state index in [1.807, 2.05) is 36.6 Å². The van der Waals surface area contributed by atoms with Crippen LogP contribution >= 0.6 is 21.6 Å². The first kappa shape index (κ1) is 11.9. The van der Waals surface area contributed by atoms with Gasteiger partial charge in [0.15, 0.2) is 0 Å². The summed E-state index contributed by atoms with van der Waals surface area (Å²) < 4.78 is 5.61. The minimum absolute atomic E-state index is 0.152. The van der Waals surface area contributed by atoms with Gasteiger partial charge in [0.05, 0.1) is 0 Å². The zero-order valence-electron chi connectivity index (χ0n) is 9.25. The van der Waals surface area contributed by atoms with Crippen LogP contribution in [-0.4, -0.2) is 16.8 Å². The number of esters is 1. The van der Waals surface area contributed by atoms with Crippen molar-refractivity contribution in [3.8, 4) is 0 Å². The van der Waals surface area contributed by atoms with Gasteiger partial charge in [-0.15, -0.1) is 0 Å². The molecule has 0 saturated heterocycles. The van der Waals surface area contributed by atoms with Crippen LogP contribution in [0.25, 0.3) is 0 Å². The van der Waals surface area contributed by atoms with E-state index in [0.717, 1.165) is 0 Å². The lowest BCUT2D eigenvalue weighted by Gasteiger charge is -2.33. The molecule has 0 amide bonds. The Bertz CT molecular complexity index is 373. The Balaban J connectivity index is 2.03. The van der Waals surface area contributed by atoms with Crippen molar-refractivity contribution in [2.45, 2.75) is 24.7 Å². The molecule has 1 heterocycles. The molecule has 86 valence electrons. The Morgan fingerprint density at radius 2 is 2.19 bits per heavy atom. The fourth-order valence-corrected chi connectivity index (χ4v) is 3.51. The first-order chi connectivity index (χ1) is 7.62. The molecular formula is C12H14O2S2. The summed E-state index contributed by atoms with van der Waals surface area (Å²) in [5.41, 5.74) is -0.506. The van der Waals surface area contributed by atoms with Gasteiger partial charge in [-0.2, -0.15) is 0 Å². The second-order valence-corrected chi connectivity index (χ2v) is 6.40. The van der Waals surface area contributed by atoms with E-state index in [2.05, 4.69) is 13.0 Å². The molecule has 0 N–H and O–H groups in total. The highest BCUT2D eigenvalue weighted by Gasteiger charge is 2.35. The van der Waals surface area contributed by atoms with Crippen molar-refractivity contribution in [2.75, 3.05) is 0 Å². The number of allylic oxidation sites excluding steroid dienone is 2. The van der Waals surface area contributed by atoms with Crippen molar-refractivity contribution >= 4 is 27.6 Å². The lowest BCUT2D eigenvalue weighted by Crippen LogP contribution is -2.38. The van der Waals surface area contributed by atoms with E-state index in [1.165, 1.54) is 10.8 Å². The van der Waals surface area contributed by atoms with Crippen molar-refractivity contribution in [1.82, 2.24) is 0 Å². The first-order valence-corrected chi connectivity index (χ1v) is 7.47. The minimum atomic E-state index is -0.506. The molecule has 2 rings (SSSR count). The quantitative estimate of drug-likeness (QED) is 0.558. The highest BCUT2D eigenvalue weighted by atomic mass is 33.1. The molecule has 1 aliphatic heterocycles. The molecule has 0 bridgehead atoms. The summed E-state index contributed by atoms with van der Waals surface area (Å²) in [5.74, 6) is 0.0602.